The highest BCUT2D eigenvalue weighted by atomic mass is 19.4. The van der Waals surface area contributed by atoms with E-state index in [9.17, 15) is 33.2 Å². The topological polar surface area (TPSA) is 95.3 Å². The van der Waals surface area contributed by atoms with Crippen molar-refractivity contribution < 1.29 is 28.0 Å². The Morgan fingerprint density at radius 3 is 2.45 bits per heavy atom. The summed E-state index contributed by atoms with van der Waals surface area (Å²) >= 11 is 0. The molecule has 0 saturated heterocycles. The lowest BCUT2D eigenvalue weighted by Crippen LogP contribution is -2.21. The van der Waals surface area contributed by atoms with E-state index < -0.39 is 28.3 Å². The highest BCUT2D eigenvalue weighted by Crippen LogP contribution is 2.34. The number of hydrogen-bond donors (Lipinski definition) is 1. The van der Waals surface area contributed by atoms with Gasteiger partial charge in [-0.25, -0.2) is 0 Å². The van der Waals surface area contributed by atoms with Gasteiger partial charge in [0.05, 0.1) is 10.5 Å². The lowest BCUT2D eigenvalue weighted by Gasteiger charge is -2.10. The molecule has 0 heterocycles. The summed E-state index contributed by atoms with van der Waals surface area (Å²) in [6, 6.07) is 2.27. The molecule has 1 aromatic rings. The maximum atomic E-state index is 12.5. The standard InChI is InChI=1S/C13H15F3N2O4/c14-13(15,16)9-5-6-10(11(8-9)18(21)22)17-7-3-1-2-4-12(19)20/h5-6,8,17H,1-4,7H2,(H,19,20)/p-1. The molecule has 0 spiro atoms. The molecule has 6 nitrogen and oxygen atoms in total. The maximum absolute atomic E-state index is 12.5. The minimum atomic E-state index is -4.64. The third-order valence-electron chi connectivity index (χ3n) is 2.89. The second kappa shape index (κ2) is 7.62. The zero-order valence-electron chi connectivity index (χ0n) is 11.5. The SMILES string of the molecule is O=C([O-])CCCCCNc1ccc(C(F)(F)F)cc1[N+](=O)[O-]. The summed E-state index contributed by atoms with van der Waals surface area (Å²) in [6.07, 6.45) is -3.20. The summed E-state index contributed by atoms with van der Waals surface area (Å²) < 4.78 is 37.6. The van der Waals surface area contributed by atoms with Gasteiger partial charge >= 0.3 is 6.18 Å². The van der Waals surface area contributed by atoms with E-state index in [1.54, 1.807) is 0 Å². The first-order valence-corrected chi connectivity index (χ1v) is 6.51. The Bertz CT molecular complexity index is 547. The van der Waals surface area contributed by atoms with E-state index in [2.05, 4.69) is 5.32 Å². The van der Waals surface area contributed by atoms with Crippen LogP contribution in [0.15, 0.2) is 18.2 Å². The number of carbonyl (C=O) groups is 1. The average Bonchev–Trinajstić information content (AvgIpc) is 2.41. The zero-order valence-corrected chi connectivity index (χ0v) is 11.5. The molecule has 0 amide bonds. The van der Waals surface area contributed by atoms with Crippen LogP contribution in [0.25, 0.3) is 0 Å². The predicted octanol–water partition coefficient (Wildman–Crippen LogP) is 2.34. The molecule has 1 rings (SSSR count). The van der Waals surface area contributed by atoms with Gasteiger partial charge in [0.1, 0.15) is 5.69 Å². The fourth-order valence-corrected chi connectivity index (χ4v) is 1.80. The van der Waals surface area contributed by atoms with Crippen molar-refractivity contribution in [1.29, 1.82) is 0 Å². The second-order valence-corrected chi connectivity index (χ2v) is 4.60. The van der Waals surface area contributed by atoms with Crippen LogP contribution in [0.4, 0.5) is 24.5 Å². The molecule has 0 atom stereocenters. The smallest absolute Gasteiger partial charge is 0.416 e. The monoisotopic (exact) mass is 319 g/mol. The number of hydrogen-bond acceptors (Lipinski definition) is 5. The van der Waals surface area contributed by atoms with Gasteiger partial charge in [-0.15, -0.1) is 0 Å². The van der Waals surface area contributed by atoms with Gasteiger partial charge in [-0.05, 0) is 31.4 Å². The van der Waals surface area contributed by atoms with Gasteiger partial charge in [0, 0.05) is 18.6 Å². The van der Waals surface area contributed by atoms with Crippen LogP contribution in [0.5, 0.6) is 0 Å². The molecule has 1 aromatic carbocycles. The summed E-state index contributed by atoms with van der Waals surface area (Å²) in [5.74, 6) is -1.15. The zero-order chi connectivity index (χ0) is 16.8. The number of unbranched alkanes of at least 4 members (excludes halogenated alkanes) is 2. The number of nitro benzene ring substituents is 1. The van der Waals surface area contributed by atoms with E-state index in [-0.39, 0.29) is 12.1 Å². The molecular weight excluding hydrogens is 305 g/mol. The number of alkyl halides is 3. The molecule has 122 valence electrons. The molecule has 0 aliphatic carbocycles. The number of nitro groups is 1. The Morgan fingerprint density at radius 1 is 1.23 bits per heavy atom. The van der Waals surface area contributed by atoms with E-state index in [0.717, 1.165) is 12.1 Å². The minimum Gasteiger partial charge on any atom is -0.550 e. The van der Waals surface area contributed by atoms with Crippen LogP contribution in [0.3, 0.4) is 0 Å². The Balaban J connectivity index is 2.63. The molecule has 1 N–H and O–H groups in total. The highest BCUT2D eigenvalue weighted by Gasteiger charge is 2.32. The third kappa shape index (κ3) is 5.58. The Morgan fingerprint density at radius 2 is 1.91 bits per heavy atom. The van der Waals surface area contributed by atoms with Gasteiger partial charge in [0.15, 0.2) is 0 Å². The fraction of sp³-hybridized carbons (Fsp3) is 0.462. The first kappa shape index (κ1) is 17.7. The van der Waals surface area contributed by atoms with Crippen molar-refractivity contribution >= 4 is 17.3 Å². The Labute approximate surface area is 124 Å². The molecule has 0 aliphatic heterocycles. The van der Waals surface area contributed by atoms with E-state index >= 15 is 0 Å². The fourth-order valence-electron chi connectivity index (χ4n) is 1.80. The first-order valence-electron chi connectivity index (χ1n) is 6.51. The van der Waals surface area contributed by atoms with Crippen LogP contribution in [0, 0.1) is 10.1 Å². The number of aliphatic carboxylic acids is 1. The van der Waals surface area contributed by atoms with Crippen molar-refractivity contribution in [2.45, 2.75) is 31.9 Å². The van der Waals surface area contributed by atoms with Gasteiger partial charge in [0.2, 0.25) is 0 Å². The molecule has 0 radical (unpaired) electrons. The second-order valence-electron chi connectivity index (χ2n) is 4.60. The average molecular weight is 319 g/mol. The first-order chi connectivity index (χ1) is 10.2. The van der Waals surface area contributed by atoms with Crippen LogP contribution < -0.4 is 10.4 Å². The number of carboxylic acid groups (broad SMARTS) is 1. The van der Waals surface area contributed by atoms with Crippen molar-refractivity contribution in [3.63, 3.8) is 0 Å². The quantitative estimate of drug-likeness (QED) is 0.451. The Hall–Kier alpha value is -2.32. The van der Waals surface area contributed by atoms with E-state index in [1.807, 2.05) is 0 Å². The molecule has 22 heavy (non-hydrogen) atoms. The van der Waals surface area contributed by atoms with E-state index in [4.69, 9.17) is 0 Å². The molecule has 0 aromatic heterocycles. The number of nitrogens with one attached hydrogen (secondary N) is 1. The summed E-state index contributed by atoms with van der Waals surface area (Å²) in [4.78, 5) is 20.1. The largest absolute Gasteiger partial charge is 0.550 e. The third-order valence-corrected chi connectivity index (χ3v) is 2.89. The van der Waals surface area contributed by atoms with Crippen molar-refractivity contribution in [1.82, 2.24) is 0 Å². The van der Waals surface area contributed by atoms with Gasteiger partial charge in [-0.1, -0.05) is 6.42 Å². The van der Waals surface area contributed by atoms with E-state index in [0.29, 0.717) is 31.9 Å². The highest BCUT2D eigenvalue weighted by molar-refractivity contribution is 5.64. The van der Waals surface area contributed by atoms with Crippen molar-refractivity contribution in [3.8, 4) is 0 Å². The molecule has 0 bridgehead atoms. The lowest BCUT2D eigenvalue weighted by atomic mass is 10.1. The van der Waals surface area contributed by atoms with Crippen molar-refractivity contribution in [3.05, 3.63) is 33.9 Å². The van der Waals surface area contributed by atoms with Crippen LogP contribution in [-0.4, -0.2) is 17.4 Å². The number of halogens is 3. The summed E-state index contributed by atoms with van der Waals surface area (Å²) in [5, 5.41) is 23.7. The Kier molecular flexibility index (Phi) is 6.14. The molecule has 0 aliphatic rings. The van der Waals surface area contributed by atoms with Gasteiger partial charge in [0.25, 0.3) is 5.69 Å². The van der Waals surface area contributed by atoms with Crippen LogP contribution in [-0.2, 0) is 11.0 Å². The summed E-state index contributed by atoms with van der Waals surface area (Å²) in [6.45, 7) is 0.291. The van der Waals surface area contributed by atoms with E-state index in [1.165, 1.54) is 0 Å². The van der Waals surface area contributed by atoms with Crippen molar-refractivity contribution in [2.75, 3.05) is 11.9 Å². The number of carbonyl (C=O) groups excluding carboxylic acids is 1. The maximum Gasteiger partial charge on any atom is 0.416 e. The minimum absolute atomic E-state index is 0.00194. The molecule has 0 saturated carbocycles. The van der Waals surface area contributed by atoms with Gasteiger partial charge in [-0.3, -0.25) is 10.1 Å². The van der Waals surface area contributed by atoms with Crippen LogP contribution in [0.2, 0.25) is 0 Å². The number of carboxylic acids is 1. The molecule has 9 heteroatoms. The van der Waals surface area contributed by atoms with Crippen LogP contribution >= 0.6 is 0 Å². The lowest BCUT2D eigenvalue weighted by molar-refractivity contribution is -0.384. The number of rotatable bonds is 8. The summed E-state index contributed by atoms with van der Waals surface area (Å²) in [7, 11) is 0. The number of nitrogens with zero attached hydrogens (tertiary/aromatic N) is 1. The van der Waals surface area contributed by atoms with Crippen LogP contribution in [0.1, 0.15) is 31.2 Å². The predicted molar refractivity (Wildman–Crippen MR) is 70.1 cm³/mol. The normalized spacial score (nSPS) is 11.2. The van der Waals surface area contributed by atoms with Crippen molar-refractivity contribution in [2.24, 2.45) is 0 Å². The number of anilines is 1. The molecule has 0 fully saturated rings. The molecule has 0 unspecified atom stereocenters. The number of benzene rings is 1. The van der Waals surface area contributed by atoms with Gasteiger partial charge in [-0.2, -0.15) is 13.2 Å². The summed E-state index contributed by atoms with van der Waals surface area (Å²) in [5.41, 5.74) is -1.74. The molecular formula is C13H14F3N2O4-. The van der Waals surface area contributed by atoms with Gasteiger partial charge < -0.3 is 15.2 Å².